The van der Waals surface area contributed by atoms with E-state index in [-0.39, 0.29) is 43.3 Å². The highest BCUT2D eigenvalue weighted by atomic mass is 16.5. The van der Waals surface area contributed by atoms with E-state index in [2.05, 4.69) is 11.6 Å². The minimum absolute atomic E-state index is 0.0454. The van der Waals surface area contributed by atoms with Crippen LogP contribution in [0.5, 0.6) is 5.75 Å². The van der Waals surface area contributed by atoms with Gasteiger partial charge in [0.05, 0.1) is 32.3 Å². The van der Waals surface area contributed by atoms with Crippen LogP contribution in [0.25, 0.3) is 0 Å². The largest absolute Gasteiger partial charge is 0.497 e. The highest BCUT2D eigenvalue weighted by Gasteiger charge is 2.39. The summed E-state index contributed by atoms with van der Waals surface area (Å²) in [7, 11) is 1.61. The average molecular weight is 493 g/mol. The van der Waals surface area contributed by atoms with Crippen molar-refractivity contribution in [3.05, 3.63) is 72.6 Å². The van der Waals surface area contributed by atoms with Gasteiger partial charge in [-0.2, -0.15) is 0 Å². The third kappa shape index (κ3) is 6.28. The summed E-state index contributed by atoms with van der Waals surface area (Å²) in [6, 6.07) is 11.3. The summed E-state index contributed by atoms with van der Waals surface area (Å²) < 4.78 is 11.4. The Morgan fingerprint density at radius 3 is 2.47 bits per heavy atom. The second-order valence-corrected chi connectivity index (χ2v) is 9.12. The van der Waals surface area contributed by atoms with E-state index in [4.69, 9.17) is 9.47 Å². The second-order valence-electron chi connectivity index (χ2n) is 9.12. The van der Waals surface area contributed by atoms with Crippen LogP contribution in [-0.4, -0.2) is 83.3 Å². The number of likely N-dealkylation sites (tertiary alicyclic amines) is 1. The minimum atomic E-state index is -0.473. The lowest BCUT2D eigenvalue weighted by atomic mass is 10.1. The molecular formula is C27H32N4O5. The van der Waals surface area contributed by atoms with E-state index in [9.17, 15) is 14.4 Å². The molecule has 2 aromatic rings. The van der Waals surface area contributed by atoms with E-state index in [1.54, 1.807) is 40.3 Å². The molecule has 0 saturated carbocycles. The van der Waals surface area contributed by atoms with Crippen LogP contribution in [0.15, 0.2) is 61.4 Å². The molecule has 1 aromatic carbocycles. The molecule has 4 rings (SSSR count). The Hall–Kier alpha value is -3.72. The lowest BCUT2D eigenvalue weighted by Gasteiger charge is -2.26. The number of hydrogen-bond donors (Lipinski definition) is 0. The maximum absolute atomic E-state index is 13.4. The van der Waals surface area contributed by atoms with Crippen LogP contribution < -0.4 is 4.74 Å². The number of nitrogens with zero attached hydrogens (tertiary/aromatic N) is 4. The second kappa shape index (κ2) is 11.8. The highest BCUT2D eigenvalue weighted by molar-refractivity contribution is 5.91. The van der Waals surface area contributed by atoms with Gasteiger partial charge in [0.15, 0.2) is 0 Å². The zero-order valence-electron chi connectivity index (χ0n) is 20.5. The molecule has 0 bridgehead atoms. The maximum Gasteiger partial charge on any atom is 0.242 e. The summed E-state index contributed by atoms with van der Waals surface area (Å²) in [5.74, 6) is -0.137. The lowest BCUT2D eigenvalue weighted by molar-refractivity contribution is -0.141. The Balaban J connectivity index is 1.49. The van der Waals surface area contributed by atoms with Crippen molar-refractivity contribution in [2.75, 3.05) is 39.8 Å². The number of amides is 3. The van der Waals surface area contributed by atoms with Crippen LogP contribution in [0.2, 0.25) is 0 Å². The zero-order chi connectivity index (χ0) is 25.5. The zero-order valence-corrected chi connectivity index (χ0v) is 20.5. The van der Waals surface area contributed by atoms with Crippen LogP contribution >= 0.6 is 0 Å². The number of hydrogen-bond acceptors (Lipinski definition) is 6. The molecule has 2 aliphatic rings. The van der Waals surface area contributed by atoms with Gasteiger partial charge in [0.1, 0.15) is 5.75 Å². The normalized spacial score (nSPS) is 20.4. The molecule has 1 aromatic heterocycles. The summed E-state index contributed by atoms with van der Waals surface area (Å²) in [5, 5.41) is 0. The van der Waals surface area contributed by atoms with Crippen LogP contribution in [0.3, 0.4) is 0 Å². The standard InChI is InChI=1S/C27H32N4O5/c1-3-12-29-15-22(13-25(29)32)27(34)31-17-24(36-19-21-8-10-28-11-9-21)16-30(26(33)18-31)14-20-4-6-23(35-2)7-5-20/h3-11,22,24H,1,12-19H2,2H3/t22-,24-/m0/s1. The van der Waals surface area contributed by atoms with E-state index in [1.165, 1.54) is 0 Å². The van der Waals surface area contributed by atoms with Crippen LogP contribution in [-0.2, 0) is 32.3 Å². The molecule has 2 saturated heterocycles. The first-order valence-electron chi connectivity index (χ1n) is 12.1. The molecule has 190 valence electrons. The predicted octanol–water partition coefficient (Wildman–Crippen LogP) is 1.88. The molecule has 0 N–H and O–H groups in total. The number of carbonyl (C=O) groups is 3. The first-order chi connectivity index (χ1) is 17.5. The molecule has 0 radical (unpaired) electrons. The molecule has 3 heterocycles. The van der Waals surface area contributed by atoms with Gasteiger partial charge in [-0.15, -0.1) is 6.58 Å². The monoisotopic (exact) mass is 492 g/mol. The molecule has 2 atom stereocenters. The van der Waals surface area contributed by atoms with Crippen molar-refractivity contribution in [1.82, 2.24) is 19.7 Å². The SMILES string of the molecule is C=CCN1C[C@@H](C(=O)N2CC(=O)N(Cc3ccc(OC)cc3)C[C@H](OCc3ccncc3)C2)CC1=O. The van der Waals surface area contributed by atoms with E-state index in [0.717, 1.165) is 16.9 Å². The van der Waals surface area contributed by atoms with Gasteiger partial charge in [0.2, 0.25) is 17.7 Å². The van der Waals surface area contributed by atoms with Gasteiger partial charge >= 0.3 is 0 Å². The summed E-state index contributed by atoms with van der Waals surface area (Å²) in [6.07, 6.45) is 4.82. The molecule has 2 fully saturated rings. The molecule has 0 spiro atoms. The van der Waals surface area contributed by atoms with Crippen LogP contribution in [0.1, 0.15) is 17.5 Å². The molecular weight excluding hydrogens is 460 g/mol. The maximum atomic E-state index is 13.4. The summed E-state index contributed by atoms with van der Waals surface area (Å²) in [5.41, 5.74) is 1.92. The number of rotatable bonds is 9. The highest BCUT2D eigenvalue weighted by Crippen LogP contribution is 2.23. The molecule has 9 heteroatoms. The van der Waals surface area contributed by atoms with Gasteiger partial charge < -0.3 is 24.2 Å². The van der Waals surface area contributed by atoms with Gasteiger partial charge in [0, 0.05) is 51.5 Å². The molecule has 0 unspecified atom stereocenters. The number of carbonyl (C=O) groups excluding carboxylic acids is 3. The van der Waals surface area contributed by atoms with Gasteiger partial charge in [-0.25, -0.2) is 0 Å². The Bertz CT molecular complexity index is 1080. The Kier molecular flexibility index (Phi) is 8.32. The predicted molar refractivity (Wildman–Crippen MR) is 133 cm³/mol. The minimum Gasteiger partial charge on any atom is -0.497 e. The van der Waals surface area contributed by atoms with Crippen LogP contribution in [0, 0.1) is 5.92 Å². The summed E-state index contributed by atoms with van der Waals surface area (Å²) >= 11 is 0. The third-order valence-electron chi connectivity index (χ3n) is 6.52. The molecule has 3 amide bonds. The lowest BCUT2D eigenvalue weighted by Crippen LogP contribution is -2.43. The van der Waals surface area contributed by atoms with Gasteiger partial charge in [-0.05, 0) is 35.4 Å². The number of ether oxygens (including phenoxy) is 2. The Morgan fingerprint density at radius 1 is 1.03 bits per heavy atom. The Labute approximate surface area is 211 Å². The molecule has 9 nitrogen and oxygen atoms in total. The Morgan fingerprint density at radius 2 is 1.78 bits per heavy atom. The van der Waals surface area contributed by atoms with E-state index >= 15 is 0 Å². The number of benzene rings is 1. The summed E-state index contributed by atoms with van der Waals surface area (Å²) in [6.45, 7) is 5.76. The number of aromatic nitrogens is 1. The quantitative estimate of drug-likeness (QED) is 0.497. The van der Waals surface area contributed by atoms with Crippen LogP contribution in [0.4, 0.5) is 0 Å². The number of methoxy groups -OCH3 is 1. The molecule has 2 aliphatic heterocycles. The van der Waals surface area contributed by atoms with Crippen molar-refractivity contribution in [2.45, 2.75) is 25.7 Å². The van der Waals surface area contributed by atoms with Crippen molar-refractivity contribution >= 4 is 17.7 Å². The van der Waals surface area contributed by atoms with E-state index in [0.29, 0.717) is 32.8 Å². The fraction of sp³-hybridized carbons (Fsp3) is 0.407. The van der Waals surface area contributed by atoms with Crippen molar-refractivity contribution in [1.29, 1.82) is 0 Å². The van der Waals surface area contributed by atoms with Gasteiger partial charge in [-0.1, -0.05) is 18.2 Å². The topological polar surface area (TPSA) is 92.3 Å². The van der Waals surface area contributed by atoms with Crippen molar-refractivity contribution in [2.24, 2.45) is 5.92 Å². The van der Waals surface area contributed by atoms with Crippen molar-refractivity contribution < 1.29 is 23.9 Å². The number of pyridine rings is 1. The smallest absolute Gasteiger partial charge is 0.242 e. The van der Waals surface area contributed by atoms with Gasteiger partial charge in [0.25, 0.3) is 0 Å². The first-order valence-corrected chi connectivity index (χ1v) is 12.1. The molecule has 36 heavy (non-hydrogen) atoms. The molecule has 0 aliphatic carbocycles. The van der Waals surface area contributed by atoms with Crippen molar-refractivity contribution in [3.8, 4) is 5.75 Å². The summed E-state index contributed by atoms with van der Waals surface area (Å²) in [4.78, 5) is 48.0. The fourth-order valence-corrected chi connectivity index (χ4v) is 4.58. The third-order valence-corrected chi connectivity index (χ3v) is 6.52. The first kappa shape index (κ1) is 25.4. The van der Waals surface area contributed by atoms with Gasteiger partial charge in [-0.3, -0.25) is 19.4 Å². The van der Waals surface area contributed by atoms with E-state index in [1.807, 2.05) is 36.4 Å². The van der Waals surface area contributed by atoms with Crippen molar-refractivity contribution in [3.63, 3.8) is 0 Å². The average Bonchev–Trinajstić information content (AvgIpc) is 3.18. The van der Waals surface area contributed by atoms with E-state index < -0.39 is 5.92 Å². The fourth-order valence-electron chi connectivity index (χ4n) is 4.58.